The van der Waals surface area contributed by atoms with Gasteiger partial charge in [-0.05, 0) is 23.8 Å². The molecule has 76 valence electrons. The molecule has 4 N–H and O–H groups in total. The Hall–Kier alpha value is -2.30. The van der Waals surface area contributed by atoms with Gasteiger partial charge in [-0.3, -0.25) is 0 Å². The van der Waals surface area contributed by atoms with E-state index in [0.29, 0.717) is 11.3 Å². The first-order valence-corrected chi connectivity index (χ1v) is 4.30. The van der Waals surface area contributed by atoms with E-state index in [4.69, 9.17) is 10.8 Å². The summed E-state index contributed by atoms with van der Waals surface area (Å²) in [7, 11) is 0. The predicted octanol–water partition coefficient (Wildman–Crippen LogP) is 1.24. The number of H-pyrrole nitrogens is 1. The molecule has 5 heteroatoms. The fourth-order valence-electron chi connectivity index (χ4n) is 1.32. The summed E-state index contributed by atoms with van der Waals surface area (Å²) in [4.78, 5) is 17.3. The molecule has 0 spiro atoms. The van der Waals surface area contributed by atoms with Crippen molar-refractivity contribution < 1.29 is 9.90 Å². The minimum atomic E-state index is -1.00. The molecule has 1 aromatic heterocycles. The van der Waals surface area contributed by atoms with Crippen LogP contribution in [0.2, 0.25) is 0 Å². The zero-order chi connectivity index (χ0) is 10.8. The highest BCUT2D eigenvalue weighted by molar-refractivity contribution is 5.90. The summed E-state index contributed by atoms with van der Waals surface area (Å²) in [6, 6.07) is 3.46. The highest BCUT2D eigenvalue weighted by Crippen LogP contribution is 2.20. The lowest BCUT2D eigenvalue weighted by Crippen LogP contribution is -1.91. The molecule has 0 aliphatic heterocycles. The minimum absolute atomic E-state index is 0.507. The van der Waals surface area contributed by atoms with Gasteiger partial charge < -0.3 is 15.8 Å². The number of hydrogen-bond acceptors (Lipinski definition) is 3. The Morgan fingerprint density at radius 2 is 2.33 bits per heavy atom. The number of benzene rings is 1. The molecule has 0 radical (unpaired) electrons. The number of nitrogens with one attached hydrogen (secondary N) is 1. The van der Waals surface area contributed by atoms with Crippen molar-refractivity contribution in [3.63, 3.8) is 0 Å². The van der Waals surface area contributed by atoms with Crippen LogP contribution in [-0.4, -0.2) is 21.0 Å². The standard InChI is InChI=1S/C10H9N3O2/c11-7-4-9-8(12-5-13-9)3-6(7)1-2-10(14)15/h1-5H,11H2,(H,12,13)(H,14,15)/b2-1+. The van der Waals surface area contributed by atoms with Gasteiger partial charge in [0.05, 0.1) is 17.4 Å². The van der Waals surface area contributed by atoms with E-state index in [-0.39, 0.29) is 0 Å². The van der Waals surface area contributed by atoms with E-state index in [1.165, 1.54) is 6.08 Å². The third kappa shape index (κ3) is 1.80. The Labute approximate surface area is 85.2 Å². The number of aromatic nitrogens is 2. The molecule has 1 aromatic carbocycles. The number of nitrogens with zero attached hydrogens (tertiary/aromatic N) is 1. The first kappa shape index (κ1) is 9.26. The summed E-state index contributed by atoms with van der Waals surface area (Å²) < 4.78 is 0. The minimum Gasteiger partial charge on any atom is -0.478 e. The molecule has 2 aromatic rings. The molecule has 5 nitrogen and oxygen atoms in total. The fraction of sp³-hybridized carbons (Fsp3) is 0. The van der Waals surface area contributed by atoms with E-state index in [1.807, 2.05) is 0 Å². The number of hydrogen-bond donors (Lipinski definition) is 3. The van der Waals surface area contributed by atoms with Crippen LogP contribution in [0.3, 0.4) is 0 Å². The van der Waals surface area contributed by atoms with Crippen LogP contribution >= 0.6 is 0 Å². The summed E-state index contributed by atoms with van der Waals surface area (Å²) >= 11 is 0. The number of aliphatic carboxylic acids is 1. The normalized spacial score (nSPS) is 11.2. The number of anilines is 1. The van der Waals surface area contributed by atoms with E-state index < -0.39 is 5.97 Å². The number of nitrogen functional groups attached to an aromatic ring is 1. The smallest absolute Gasteiger partial charge is 0.328 e. The fourth-order valence-corrected chi connectivity index (χ4v) is 1.32. The second kappa shape index (κ2) is 3.45. The molecule has 0 saturated heterocycles. The van der Waals surface area contributed by atoms with Gasteiger partial charge >= 0.3 is 5.97 Å². The molecular formula is C10H9N3O2. The molecule has 0 aliphatic carbocycles. The molecule has 0 unspecified atom stereocenters. The molecule has 0 fully saturated rings. The largest absolute Gasteiger partial charge is 0.478 e. The lowest BCUT2D eigenvalue weighted by atomic mass is 10.1. The maximum atomic E-state index is 10.3. The second-order valence-corrected chi connectivity index (χ2v) is 3.07. The summed E-state index contributed by atoms with van der Waals surface area (Å²) in [5.41, 5.74) is 8.49. The molecule has 15 heavy (non-hydrogen) atoms. The Balaban J connectivity index is 2.50. The molecule has 0 atom stereocenters. The van der Waals surface area contributed by atoms with Crippen LogP contribution in [0, 0.1) is 0 Å². The molecule has 0 saturated carbocycles. The van der Waals surface area contributed by atoms with Gasteiger partial charge in [0.25, 0.3) is 0 Å². The van der Waals surface area contributed by atoms with Crippen molar-refractivity contribution in [3.05, 3.63) is 30.1 Å². The van der Waals surface area contributed by atoms with Crippen molar-refractivity contribution in [1.29, 1.82) is 0 Å². The number of fused-ring (bicyclic) bond motifs is 1. The van der Waals surface area contributed by atoms with Crippen molar-refractivity contribution in [2.45, 2.75) is 0 Å². The van der Waals surface area contributed by atoms with E-state index in [1.54, 1.807) is 18.5 Å². The summed E-state index contributed by atoms with van der Waals surface area (Å²) in [6.45, 7) is 0. The van der Waals surface area contributed by atoms with Crippen molar-refractivity contribution >= 4 is 28.8 Å². The average Bonchev–Trinajstić information content (AvgIpc) is 2.60. The van der Waals surface area contributed by atoms with Gasteiger partial charge in [-0.1, -0.05) is 0 Å². The first-order valence-electron chi connectivity index (χ1n) is 4.30. The summed E-state index contributed by atoms with van der Waals surface area (Å²) in [5.74, 6) is -1.00. The highest BCUT2D eigenvalue weighted by atomic mass is 16.4. The zero-order valence-corrected chi connectivity index (χ0v) is 7.77. The van der Waals surface area contributed by atoms with Gasteiger partial charge in [-0.25, -0.2) is 9.78 Å². The van der Waals surface area contributed by atoms with Crippen LogP contribution in [0.25, 0.3) is 17.1 Å². The molecule has 2 rings (SSSR count). The Bertz CT molecular complexity index is 543. The van der Waals surface area contributed by atoms with Crippen LogP contribution < -0.4 is 5.73 Å². The third-order valence-electron chi connectivity index (χ3n) is 2.03. The first-order chi connectivity index (χ1) is 7.16. The average molecular weight is 203 g/mol. The van der Waals surface area contributed by atoms with Gasteiger partial charge in [0.1, 0.15) is 0 Å². The van der Waals surface area contributed by atoms with Gasteiger partial charge in [0.2, 0.25) is 0 Å². The second-order valence-electron chi connectivity index (χ2n) is 3.07. The molecule has 0 amide bonds. The van der Waals surface area contributed by atoms with Gasteiger partial charge in [-0.15, -0.1) is 0 Å². The van der Waals surface area contributed by atoms with Crippen molar-refractivity contribution in [2.75, 3.05) is 5.73 Å². The SMILES string of the molecule is Nc1cc2nc[nH]c2cc1/C=C/C(=O)O. The predicted molar refractivity (Wildman–Crippen MR) is 57.2 cm³/mol. The number of nitrogens with two attached hydrogens (primary N) is 1. The van der Waals surface area contributed by atoms with E-state index in [0.717, 1.165) is 17.1 Å². The molecule has 0 aliphatic rings. The Morgan fingerprint density at radius 3 is 3.07 bits per heavy atom. The van der Waals surface area contributed by atoms with Crippen molar-refractivity contribution in [1.82, 2.24) is 9.97 Å². The van der Waals surface area contributed by atoms with Crippen LogP contribution in [0.5, 0.6) is 0 Å². The molecular weight excluding hydrogens is 194 g/mol. The van der Waals surface area contributed by atoms with E-state index in [9.17, 15) is 4.79 Å². The number of rotatable bonds is 2. The van der Waals surface area contributed by atoms with Crippen LogP contribution in [0.15, 0.2) is 24.5 Å². The monoisotopic (exact) mass is 203 g/mol. The number of carbonyl (C=O) groups is 1. The van der Waals surface area contributed by atoms with Crippen LogP contribution in [-0.2, 0) is 4.79 Å². The van der Waals surface area contributed by atoms with Gasteiger partial charge in [0, 0.05) is 11.8 Å². The lowest BCUT2D eigenvalue weighted by Gasteiger charge is -1.99. The van der Waals surface area contributed by atoms with Crippen LogP contribution in [0.1, 0.15) is 5.56 Å². The number of imidazole rings is 1. The van der Waals surface area contributed by atoms with E-state index >= 15 is 0 Å². The maximum absolute atomic E-state index is 10.3. The Kier molecular flexibility index (Phi) is 2.13. The third-order valence-corrected chi connectivity index (χ3v) is 2.03. The zero-order valence-electron chi connectivity index (χ0n) is 7.77. The summed E-state index contributed by atoms with van der Waals surface area (Å²) in [5, 5.41) is 8.49. The van der Waals surface area contributed by atoms with Crippen molar-refractivity contribution in [2.24, 2.45) is 0 Å². The van der Waals surface area contributed by atoms with Gasteiger partial charge in [0.15, 0.2) is 0 Å². The quantitative estimate of drug-likeness (QED) is 0.505. The van der Waals surface area contributed by atoms with E-state index in [2.05, 4.69) is 9.97 Å². The maximum Gasteiger partial charge on any atom is 0.328 e. The summed E-state index contributed by atoms with van der Waals surface area (Å²) in [6.07, 6.45) is 4.07. The molecule has 1 heterocycles. The topological polar surface area (TPSA) is 92.0 Å². The number of carboxylic acids is 1. The highest BCUT2D eigenvalue weighted by Gasteiger charge is 2.01. The molecule has 0 bridgehead atoms. The Morgan fingerprint density at radius 1 is 1.53 bits per heavy atom. The van der Waals surface area contributed by atoms with Gasteiger partial charge in [-0.2, -0.15) is 0 Å². The van der Waals surface area contributed by atoms with Crippen LogP contribution in [0.4, 0.5) is 5.69 Å². The number of aromatic amines is 1. The lowest BCUT2D eigenvalue weighted by molar-refractivity contribution is -0.131. The van der Waals surface area contributed by atoms with Crippen molar-refractivity contribution in [3.8, 4) is 0 Å². The number of carboxylic acid groups (broad SMARTS) is 1.